The number of benzene rings is 1. The van der Waals surface area contributed by atoms with Gasteiger partial charge in [-0.05, 0) is 50.3 Å². The third-order valence-electron chi connectivity index (χ3n) is 2.99. The van der Waals surface area contributed by atoms with Crippen molar-refractivity contribution >= 4 is 0 Å². The van der Waals surface area contributed by atoms with E-state index in [9.17, 15) is 0 Å². The number of nitrogens with two attached hydrogens (primary N) is 1. The molecule has 0 unspecified atom stereocenters. The molecule has 1 atom stereocenters. The molecule has 0 spiro atoms. The quantitative estimate of drug-likeness (QED) is 0.823. The molecule has 2 nitrogen and oxygen atoms in total. The van der Waals surface area contributed by atoms with Crippen LogP contribution in [0.15, 0.2) is 24.3 Å². The highest BCUT2D eigenvalue weighted by molar-refractivity contribution is 5.30. The summed E-state index contributed by atoms with van der Waals surface area (Å²) in [6, 6.07) is 8.22. The van der Waals surface area contributed by atoms with Crippen LogP contribution >= 0.6 is 0 Å². The summed E-state index contributed by atoms with van der Waals surface area (Å²) in [7, 11) is 0. The topological polar surface area (TPSA) is 35.2 Å². The Hall–Kier alpha value is -1.02. The summed E-state index contributed by atoms with van der Waals surface area (Å²) < 4.78 is 5.91. The lowest BCUT2D eigenvalue weighted by molar-refractivity contribution is 0.210. The van der Waals surface area contributed by atoms with E-state index >= 15 is 0 Å². The van der Waals surface area contributed by atoms with Gasteiger partial charge in [-0.15, -0.1) is 0 Å². The zero-order chi connectivity index (χ0) is 10.7. The smallest absolute Gasteiger partial charge is 0.120 e. The lowest BCUT2D eigenvalue weighted by atomic mass is 10.1. The molecule has 0 amide bonds. The van der Waals surface area contributed by atoms with Crippen LogP contribution in [0.4, 0.5) is 0 Å². The molecule has 1 aromatic carbocycles. The van der Waals surface area contributed by atoms with Crippen LogP contribution in [-0.2, 0) is 0 Å². The molecule has 1 saturated carbocycles. The van der Waals surface area contributed by atoms with E-state index < -0.39 is 0 Å². The lowest BCUT2D eigenvalue weighted by Crippen LogP contribution is -2.11. The van der Waals surface area contributed by atoms with Crippen molar-refractivity contribution in [2.45, 2.75) is 44.8 Å². The highest BCUT2D eigenvalue weighted by Crippen LogP contribution is 2.25. The predicted molar refractivity (Wildman–Crippen MR) is 61.9 cm³/mol. The molecule has 2 N–H and O–H groups in total. The molecule has 1 aliphatic carbocycles. The zero-order valence-corrected chi connectivity index (χ0v) is 9.28. The van der Waals surface area contributed by atoms with E-state index in [0.29, 0.717) is 6.10 Å². The molecule has 0 saturated heterocycles. The number of ether oxygens (including phenoxy) is 1. The molecule has 1 fully saturated rings. The normalized spacial score (nSPS) is 19.1. The van der Waals surface area contributed by atoms with E-state index in [-0.39, 0.29) is 6.04 Å². The van der Waals surface area contributed by atoms with Crippen molar-refractivity contribution in [2.75, 3.05) is 0 Å². The Morgan fingerprint density at radius 1 is 1.33 bits per heavy atom. The van der Waals surface area contributed by atoms with Crippen LogP contribution in [0.25, 0.3) is 0 Å². The third kappa shape index (κ3) is 2.72. The summed E-state index contributed by atoms with van der Waals surface area (Å²) in [4.78, 5) is 0. The van der Waals surface area contributed by atoms with E-state index in [2.05, 4.69) is 6.07 Å². The monoisotopic (exact) mass is 205 g/mol. The molecule has 82 valence electrons. The summed E-state index contributed by atoms with van der Waals surface area (Å²) in [6.07, 6.45) is 5.42. The first-order chi connectivity index (χ1) is 7.25. The summed E-state index contributed by atoms with van der Waals surface area (Å²) in [5.41, 5.74) is 6.98. The molecule has 2 heteroatoms. The Kier molecular flexibility index (Phi) is 3.27. The second-order valence-corrected chi connectivity index (χ2v) is 4.39. The molecule has 0 radical (unpaired) electrons. The SMILES string of the molecule is C[C@@H](N)c1cccc(OC2CCCC2)c1. The molecule has 0 heterocycles. The maximum Gasteiger partial charge on any atom is 0.120 e. The van der Waals surface area contributed by atoms with Crippen LogP contribution in [0.5, 0.6) is 5.75 Å². The number of hydrogen-bond acceptors (Lipinski definition) is 2. The van der Waals surface area contributed by atoms with Gasteiger partial charge in [0.2, 0.25) is 0 Å². The maximum atomic E-state index is 5.91. The molecule has 15 heavy (non-hydrogen) atoms. The van der Waals surface area contributed by atoms with E-state index in [4.69, 9.17) is 10.5 Å². The van der Waals surface area contributed by atoms with Crippen LogP contribution in [-0.4, -0.2) is 6.10 Å². The molecule has 2 rings (SSSR count). The van der Waals surface area contributed by atoms with Crippen LogP contribution in [0, 0.1) is 0 Å². The summed E-state index contributed by atoms with van der Waals surface area (Å²) in [5, 5.41) is 0. The minimum Gasteiger partial charge on any atom is -0.490 e. The minimum absolute atomic E-state index is 0.0807. The van der Waals surface area contributed by atoms with Crippen LogP contribution in [0.3, 0.4) is 0 Å². The first-order valence-corrected chi connectivity index (χ1v) is 5.78. The van der Waals surface area contributed by atoms with Crippen molar-refractivity contribution in [2.24, 2.45) is 5.73 Å². The molecule has 0 aromatic heterocycles. The standard InChI is InChI=1S/C13H19NO/c1-10(14)11-5-4-8-13(9-11)15-12-6-2-3-7-12/h4-5,8-10,12H,2-3,6-7,14H2,1H3/t10-/m1/s1. The Bertz CT molecular complexity index is 316. The minimum atomic E-state index is 0.0807. The first kappa shape index (κ1) is 10.5. The van der Waals surface area contributed by atoms with Crippen molar-refractivity contribution in [1.29, 1.82) is 0 Å². The van der Waals surface area contributed by atoms with Crippen molar-refractivity contribution < 1.29 is 4.74 Å². The van der Waals surface area contributed by atoms with Gasteiger partial charge in [0.05, 0.1) is 6.10 Å². The van der Waals surface area contributed by atoms with Gasteiger partial charge in [0.25, 0.3) is 0 Å². The van der Waals surface area contributed by atoms with Gasteiger partial charge in [0.15, 0.2) is 0 Å². The average Bonchev–Trinajstić information content (AvgIpc) is 2.71. The fourth-order valence-electron chi connectivity index (χ4n) is 2.07. The van der Waals surface area contributed by atoms with Crippen molar-refractivity contribution in [3.63, 3.8) is 0 Å². The molecular weight excluding hydrogens is 186 g/mol. The number of rotatable bonds is 3. The molecule has 1 aromatic rings. The van der Waals surface area contributed by atoms with Gasteiger partial charge in [-0.25, -0.2) is 0 Å². The van der Waals surface area contributed by atoms with Crippen LogP contribution < -0.4 is 10.5 Å². The first-order valence-electron chi connectivity index (χ1n) is 5.78. The Labute approximate surface area is 91.4 Å². The highest BCUT2D eigenvalue weighted by atomic mass is 16.5. The summed E-state index contributed by atoms with van der Waals surface area (Å²) in [5.74, 6) is 0.969. The maximum absolute atomic E-state index is 5.91. The predicted octanol–water partition coefficient (Wildman–Crippen LogP) is 3.03. The van der Waals surface area contributed by atoms with Gasteiger partial charge in [0, 0.05) is 6.04 Å². The second-order valence-electron chi connectivity index (χ2n) is 4.39. The van der Waals surface area contributed by atoms with Gasteiger partial charge in [-0.2, -0.15) is 0 Å². The average molecular weight is 205 g/mol. The van der Waals surface area contributed by atoms with Gasteiger partial charge in [0.1, 0.15) is 5.75 Å². The third-order valence-corrected chi connectivity index (χ3v) is 2.99. The highest BCUT2D eigenvalue weighted by Gasteiger charge is 2.16. The fourth-order valence-corrected chi connectivity index (χ4v) is 2.07. The van der Waals surface area contributed by atoms with Gasteiger partial charge >= 0.3 is 0 Å². The Balaban J connectivity index is 2.04. The Morgan fingerprint density at radius 3 is 2.73 bits per heavy atom. The molecule has 1 aliphatic rings. The van der Waals surface area contributed by atoms with Crippen molar-refractivity contribution in [1.82, 2.24) is 0 Å². The van der Waals surface area contributed by atoms with Crippen molar-refractivity contribution in [3.8, 4) is 5.75 Å². The molecular formula is C13H19NO. The van der Waals surface area contributed by atoms with E-state index in [1.165, 1.54) is 25.7 Å². The largest absolute Gasteiger partial charge is 0.490 e. The molecule has 0 aliphatic heterocycles. The lowest BCUT2D eigenvalue weighted by Gasteiger charge is -2.14. The number of hydrogen-bond donors (Lipinski definition) is 1. The van der Waals surface area contributed by atoms with Gasteiger partial charge in [-0.3, -0.25) is 0 Å². The summed E-state index contributed by atoms with van der Waals surface area (Å²) in [6.45, 7) is 1.99. The van der Waals surface area contributed by atoms with Crippen LogP contribution in [0.2, 0.25) is 0 Å². The van der Waals surface area contributed by atoms with E-state index in [1.54, 1.807) is 0 Å². The zero-order valence-electron chi connectivity index (χ0n) is 9.28. The van der Waals surface area contributed by atoms with Gasteiger partial charge < -0.3 is 10.5 Å². The Morgan fingerprint density at radius 2 is 2.07 bits per heavy atom. The van der Waals surface area contributed by atoms with E-state index in [0.717, 1.165) is 11.3 Å². The van der Waals surface area contributed by atoms with Crippen molar-refractivity contribution in [3.05, 3.63) is 29.8 Å². The summed E-state index contributed by atoms with van der Waals surface area (Å²) >= 11 is 0. The molecule has 0 bridgehead atoms. The fraction of sp³-hybridized carbons (Fsp3) is 0.538. The van der Waals surface area contributed by atoms with E-state index in [1.807, 2.05) is 25.1 Å². The van der Waals surface area contributed by atoms with Gasteiger partial charge in [-0.1, -0.05) is 12.1 Å². The van der Waals surface area contributed by atoms with Crippen LogP contribution in [0.1, 0.15) is 44.2 Å². The second kappa shape index (κ2) is 4.67.